The largest absolute Gasteiger partial charge is 0.264 e. The van der Waals surface area contributed by atoms with Crippen LogP contribution in [0.5, 0.6) is 0 Å². The van der Waals surface area contributed by atoms with E-state index in [0.29, 0.717) is 12.8 Å². The van der Waals surface area contributed by atoms with Gasteiger partial charge in [0.05, 0.1) is 0 Å². The summed E-state index contributed by atoms with van der Waals surface area (Å²) in [6, 6.07) is 3.60. The first-order valence-corrected chi connectivity index (χ1v) is 3.91. The van der Waals surface area contributed by atoms with Crippen LogP contribution in [-0.2, 0) is 5.67 Å². The molecule has 1 aliphatic rings. The molecule has 1 saturated carbocycles. The lowest BCUT2D eigenvalue weighted by atomic mass is 9.77. The molecule has 1 aromatic heterocycles. The Labute approximate surface area is 65.3 Å². The monoisotopic (exact) mass is 151 g/mol. The number of aromatic nitrogens is 1. The fraction of sp³-hybridized carbons (Fsp3) is 0.444. The van der Waals surface area contributed by atoms with Crippen molar-refractivity contribution < 1.29 is 4.39 Å². The molecule has 1 aromatic rings. The van der Waals surface area contributed by atoms with Crippen molar-refractivity contribution in [1.29, 1.82) is 0 Å². The van der Waals surface area contributed by atoms with Gasteiger partial charge >= 0.3 is 0 Å². The molecule has 0 spiro atoms. The molecule has 1 aliphatic carbocycles. The number of alkyl halides is 1. The van der Waals surface area contributed by atoms with Gasteiger partial charge in [-0.25, -0.2) is 4.39 Å². The van der Waals surface area contributed by atoms with Crippen molar-refractivity contribution in [1.82, 2.24) is 4.98 Å². The molecule has 58 valence electrons. The fourth-order valence-corrected chi connectivity index (χ4v) is 1.40. The Balaban J connectivity index is 2.29. The van der Waals surface area contributed by atoms with Gasteiger partial charge in [-0.15, -0.1) is 0 Å². The summed E-state index contributed by atoms with van der Waals surface area (Å²) in [7, 11) is 0. The predicted octanol–water partition coefficient (Wildman–Crippen LogP) is 2.43. The number of nitrogens with zero attached hydrogens (tertiary/aromatic N) is 1. The summed E-state index contributed by atoms with van der Waals surface area (Å²) in [6.07, 6.45) is 5.63. The second-order valence-electron chi connectivity index (χ2n) is 3.06. The maximum Gasteiger partial charge on any atom is 0.137 e. The van der Waals surface area contributed by atoms with E-state index in [9.17, 15) is 4.39 Å². The minimum absolute atomic E-state index is 0.665. The molecule has 0 atom stereocenters. The second-order valence-corrected chi connectivity index (χ2v) is 3.06. The molecule has 11 heavy (non-hydrogen) atoms. The molecule has 0 bridgehead atoms. The molecule has 0 N–H and O–H groups in total. The van der Waals surface area contributed by atoms with Gasteiger partial charge in [0.1, 0.15) is 5.67 Å². The first-order valence-electron chi connectivity index (χ1n) is 3.91. The first kappa shape index (κ1) is 6.77. The van der Waals surface area contributed by atoms with Gasteiger partial charge in [-0.2, -0.15) is 0 Å². The van der Waals surface area contributed by atoms with E-state index in [0.717, 1.165) is 12.0 Å². The number of hydrogen-bond acceptors (Lipinski definition) is 1. The summed E-state index contributed by atoms with van der Waals surface area (Å²) >= 11 is 0. The van der Waals surface area contributed by atoms with E-state index in [1.54, 1.807) is 18.5 Å². The van der Waals surface area contributed by atoms with Gasteiger partial charge in [0.15, 0.2) is 0 Å². The van der Waals surface area contributed by atoms with E-state index in [1.807, 2.05) is 6.07 Å². The molecule has 0 unspecified atom stereocenters. The maximum absolute atomic E-state index is 13.6. The summed E-state index contributed by atoms with van der Waals surface area (Å²) < 4.78 is 13.6. The Bertz CT molecular complexity index is 241. The van der Waals surface area contributed by atoms with Gasteiger partial charge in [-0.3, -0.25) is 4.98 Å². The van der Waals surface area contributed by atoms with E-state index < -0.39 is 5.67 Å². The average molecular weight is 151 g/mol. The minimum atomic E-state index is -1.05. The third kappa shape index (κ3) is 1.02. The van der Waals surface area contributed by atoms with Crippen LogP contribution in [-0.4, -0.2) is 4.98 Å². The molecule has 0 aliphatic heterocycles. The Morgan fingerprint density at radius 1 is 1.45 bits per heavy atom. The zero-order chi connectivity index (χ0) is 7.73. The summed E-state index contributed by atoms with van der Waals surface area (Å²) in [4.78, 5) is 3.89. The molecule has 2 heteroatoms. The summed E-state index contributed by atoms with van der Waals surface area (Å²) in [5, 5.41) is 0. The van der Waals surface area contributed by atoms with E-state index in [4.69, 9.17) is 0 Å². The third-order valence-corrected chi connectivity index (χ3v) is 2.32. The molecule has 0 radical (unpaired) electrons. The van der Waals surface area contributed by atoms with Crippen LogP contribution in [0.1, 0.15) is 24.8 Å². The lowest BCUT2D eigenvalue weighted by molar-refractivity contribution is 0.0605. The molecule has 0 amide bonds. The van der Waals surface area contributed by atoms with Crippen molar-refractivity contribution in [2.24, 2.45) is 0 Å². The Morgan fingerprint density at radius 2 is 2.27 bits per heavy atom. The molecule has 1 nitrogen and oxygen atoms in total. The number of halogens is 1. The van der Waals surface area contributed by atoms with E-state index in [2.05, 4.69) is 4.98 Å². The molecule has 2 rings (SSSR count). The van der Waals surface area contributed by atoms with E-state index in [1.165, 1.54) is 0 Å². The SMILES string of the molecule is FC1(c2cccnc2)CCC1. The van der Waals surface area contributed by atoms with Gasteiger partial charge in [0.25, 0.3) is 0 Å². The van der Waals surface area contributed by atoms with Gasteiger partial charge < -0.3 is 0 Å². The highest BCUT2D eigenvalue weighted by molar-refractivity contribution is 5.20. The minimum Gasteiger partial charge on any atom is -0.264 e. The smallest absolute Gasteiger partial charge is 0.137 e. The number of pyridine rings is 1. The fourth-order valence-electron chi connectivity index (χ4n) is 1.40. The van der Waals surface area contributed by atoms with Crippen LogP contribution >= 0.6 is 0 Å². The van der Waals surface area contributed by atoms with Crippen LogP contribution in [0.3, 0.4) is 0 Å². The summed E-state index contributed by atoms with van der Waals surface area (Å²) in [5.74, 6) is 0. The highest BCUT2D eigenvalue weighted by atomic mass is 19.1. The van der Waals surface area contributed by atoms with Gasteiger partial charge in [-0.1, -0.05) is 6.07 Å². The molecule has 1 fully saturated rings. The molecule has 1 heterocycles. The Kier molecular flexibility index (Phi) is 1.41. The molecule has 0 saturated heterocycles. The van der Waals surface area contributed by atoms with Gasteiger partial charge in [-0.05, 0) is 25.3 Å². The van der Waals surface area contributed by atoms with Crippen LogP contribution in [0.2, 0.25) is 0 Å². The highest BCUT2D eigenvalue weighted by Crippen LogP contribution is 2.44. The Hall–Kier alpha value is -0.920. The van der Waals surface area contributed by atoms with Gasteiger partial charge in [0, 0.05) is 18.0 Å². The highest BCUT2D eigenvalue weighted by Gasteiger charge is 2.38. The Morgan fingerprint density at radius 3 is 2.73 bits per heavy atom. The van der Waals surface area contributed by atoms with Gasteiger partial charge in [0.2, 0.25) is 0 Å². The zero-order valence-electron chi connectivity index (χ0n) is 6.26. The van der Waals surface area contributed by atoms with E-state index >= 15 is 0 Å². The molecular weight excluding hydrogens is 141 g/mol. The number of hydrogen-bond donors (Lipinski definition) is 0. The third-order valence-electron chi connectivity index (χ3n) is 2.32. The number of rotatable bonds is 1. The van der Waals surface area contributed by atoms with Crippen LogP contribution in [0, 0.1) is 0 Å². The van der Waals surface area contributed by atoms with Crippen molar-refractivity contribution in [3.05, 3.63) is 30.1 Å². The van der Waals surface area contributed by atoms with Crippen molar-refractivity contribution in [2.75, 3.05) is 0 Å². The van der Waals surface area contributed by atoms with Crippen molar-refractivity contribution >= 4 is 0 Å². The first-order chi connectivity index (χ1) is 5.31. The van der Waals surface area contributed by atoms with Crippen LogP contribution in [0.15, 0.2) is 24.5 Å². The van der Waals surface area contributed by atoms with Crippen LogP contribution in [0.4, 0.5) is 4.39 Å². The predicted molar refractivity (Wildman–Crippen MR) is 40.9 cm³/mol. The second kappa shape index (κ2) is 2.29. The summed E-state index contributed by atoms with van der Waals surface area (Å²) in [6.45, 7) is 0. The lowest BCUT2D eigenvalue weighted by Crippen LogP contribution is -2.28. The van der Waals surface area contributed by atoms with E-state index in [-0.39, 0.29) is 0 Å². The lowest BCUT2D eigenvalue weighted by Gasteiger charge is -2.33. The maximum atomic E-state index is 13.6. The van der Waals surface area contributed by atoms with Crippen molar-refractivity contribution in [3.8, 4) is 0 Å². The molecule has 0 aromatic carbocycles. The summed E-state index contributed by atoms with van der Waals surface area (Å²) in [5.41, 5.74) is -0.305. The van der Waals surface area contributed by atoms with Crippen molar-refractivity contribution in [3.63, 3.8) is 0 Å². The van der Waals surface area contributed by atoms with Crippen LogP contribution < -0.4 is 0 Å². The quantitative estimate of drug-likeness (QED) is 0.600. The normalized spacial score (nSPS) is 20.8. The van der Waals surface area contributed by atoms with Crippen LogP contribution in [0.25, 0.3) is 0 Å². The van der Waals surface area contributed by atoms with Crippen molar-refractivity contribution in [2.45, 2.75) is 24.9 Å². The molecular formula is C9H10FN. The standard InChI is InChI=1S/C9H10FN/c10-9(4-2-5-9)8-3-1-6-11-7-8/h1,3,6-7H,2,4-5H2. The topological polar surface area (TPSA) is 12.9 Å². The average Bonchev–Trinajstić information content (AvgIpc) is 2.02. The zero-order valence-corrected chi connectivity index (χ0v) is 6.26.